The first kappa shape index (κ1) is 16.1. The quantitative estimate of drug-likeness (QED) is 0.677. The molecule has 1 nitrogen and oxygen atoms in total. The summed E-state index contributed by atoms with van der Waals surface area (Å²) in [7, 11) is 0. The largest absolute Gasteiger partial charge is 0.313 e. The summed E-state index contributed by atoms with van der Waals surface area (Å²) in [6.07, 6.45) is 2.57. The lowest BCUT2D eigenvalue weighted by atomic mass is 10.0. The van der Waals surface area contributed by atoms with Crippen molar-refractivity contribution in [3.63, 3.8) is 0 Å². The van der Waals surface area contributed by atoms with Gasteiger partial charge < -0.3 is 5.32 Å². The van der Waals surface area contributed by atoms with Crippen molar-refractivity contribution in [3.8, 4) is 0 Å². The standard InChI is InChI=1S/C15H24BrNS/c1-4-17-13(10-9-12(2)3)11-18-15-8-6-5-7-14(15)16/h5-8,12-13,17H,4,9-11H2,1-3H3. The minimum absolute atomic E-state index is 0.620. The fourth-order valence-electron chi connectivity index (χ4n) is 1.82. The molecule has 0 aliphatic carbocycles. The number of nitrogens with one attached hydrogen (secondary N) is 1. The molecule has 0 aliphatic rings. The Morgan fingerprint density at radius 3 is 2.56 bits per heavy atom. The van der Waals surface area contributed by atoms with Gasteiger partial charge in [0.05, 0.1) is 0 Å². The van der Waals surface area contributed by atoms with Crippen LogP contribution in [-0.4, -0.2) is 18.3 Å². The molecule has 1 N–H and O–H groups in total. The van der Waals surface area contributed by atoms with Crippen LogP contribution in [0.4, 0.5) is 0 Å². The van der Waals surface area contributed by atoms with Crippen molar-refractivity contribution in [3.05, 3.63) is 28.7 Å². The Labute approximate surface area is 124 Å². The van der Waals surface area contributed by atoms with Crippen LogP contribution in [0, 0.1) is 5.92 Å². The van der Waals surface area contributed by atoms with Gasteiger partial charge in [-0.1, -0.05) is 32.9 Å². The first-order chi connectivity index (χ1) is 8.63. The van der Waals surface area contributed by atoms with Crippen molar-refractivity contribution < 1.29 is 0 Å². The maximum absolute atomic E-state index is 3.61. The summed E-state index contributed by atoms with van der Waals surface area (Å²) < 4.78 is 1.20. The monoisotopic (exact) mass is 329 g/mol. The van der Waals surface area contributed by atoms with Crippen molar-refractivity contribution in [1.82, 2.24) is 5.32 Å². The van der Waals surface area contributed by atoms with E-state index in [2.05, 4.69) is 66.3 Å². The topological polar surface area (TPSA) is 12.0 Å². The van der Waals surface area contributed by atoms with E-state index >= 15 is 0 Å². The number of thioether (sulfide) groups is 1. The van der Waals surface area contributed by atoms with E-state index in [1.165, 1.54) is 22.2 Å². The fourth-order valence-corrected chi connectivity index (χ4v) is 3.49. The molecule has 0 radical (unpaired) electrons. The summed E-state index contributed by atoms with van der Waals surface area (Å²) in [5, 5.41) is 3.59. The van der Waals surface area contributed by atoms with Gasteiger partial charge in [0.15, 0.2) is 0 Å². The fraction of sp³-hybridized carbons (Fsp3) is 0.600. The molecule has 0 heterocycles. The maximum Gasteiger partial charge on any atom is 0.0311 e. The smallest absolute Gasteiger partial charge is 0.0311 e. The normalized spacial score (nSPS) is 12.9. The van der Waals surface area contributed by atoms with E-state index in [4.69, 9.17) is 0 Å². The first-order valence-electron chi connectivity index (χ1n) is 6.74. The molecule has 1 atom stereocenters. The molecule has 1 rings (SSSR count). The van der Waals surface area contributed by atoms with Gasteiger partial charge >= 0.3 is 0 Å². The van der Waals surface area contributed by atoms with Crippen LogP contribution in [0.25, 0.3) is 0 Å². The third-order valence-electron chi connectivity index (χ3n) is 2.86. The Morgan fingerprint density at radius 1 is 1.22 bits per heavy atom. The van der Waals surface area contributed by atoms with E-state index in [0.29, 0.717) is 6.04 Å². The molecular weight excluding hydrogens is 306 g/mol. The van der Waals surface area contributed by atoms with Crippen LogP contribution in [0.3, 0.4) is 0 Å². The molecule has 1 aromatic rings. The third kappa shape index (κ3) is 6.26. The second-order valence-electron chi connectivity index (χ2n) is 4.97. The first-order valence-corrected chi connectivity index (χ1v) is 8.52. The minimum atomic E-state index is 0.620. The van der Waals surface area contributed by atoms with Gasteiger partial charge in [-0.05, 0) is 53.4 Å². The van der Waals surface area contributed by atoms with Gasteiger partial charge in [-0.25, -0.2) is 0 Å². The van der Waals surface area contributed by atoms with Gasteiger partial charge in [-0.2, -0.15) is 0 Å². The molecule has 0 amide bonds. The molecule has 0 saturated heterocycles. The van der Waals surface area contributed by atoms with Gasteiger partial charge in [-0.3, -0.25) is 0 Å². The van der Waals surface area contributed by atoms with Crippen LogP contribution >= 0.6 is 27.7 Å². The Balaban J connectivity index is 2.44. The van der Waals surface area contributed by atoms with E-state index in [9.17, 15) is 0 Å². The zero-order valence-corrected chi connectivity index (χ0v) is 14.0. The highest BCUT2D eigenvalue weighted by molar-refractivity contribution is 9.10. The van der Waals surface area contributed by atoms with Crippen LogP contribution < -0.4 is 5.32 Å². The second-order valence-corrected chi connectivity index (χ2v) is 6.88. The average molecular weight is 330 g/mol. The maximum atomic E-state index is 3.61. The molecule has 0 aliphatic heterocycles. The molecule has 3 heteroatoms. The highest BCUT2D eigenvalue weighted by Crippen LogP contribution is 2.28. The SMILES string of the molecule is CCNC(CCC(C)C)CSc1ccccc1Br. The number of rotatable bonds is 8. The molecule has 1 unspecified atom stereocenters. The van der Waals surface area contributed by atoms with Gasteiger partial charge in [-0.15, -0.1) is 11.8 Å². The number of hydrogen-bond acceptors (Lipinski definition) is 2. The molecular formula is C15H24BrNS. The van der Waals surface area contributed by atoms with E-state index in [1.54, 1.807) is 0 Å². The zero-order valence-electron chi connectivity index (χ0n) is 11.6. The van der Waals surface area contributed by atoms with Gasteiger partial charge in [0.25, 0.3) is 0 Å². The van der Waals surface area contributed by atoms with Crippen molar-refractivity contribution in [2.75, 3.05) is 12.3 Å². The van der Waals surface area contributed by atoms with Crippen LogP contribution in [0.5, 0.6) is 0 Å². The summed E-state index contributed by atoms with van der Waals surface area (Å²) in [6.45, 7) is 7.83. The predicted octanol–water partition coefficient (Wildman–Crippen LogP) is 4.96. The minimum Gasteiger partial charge on any atom is -0.313 e. The average Bonchev–Trinajstić information content (AvgIpc) is 2.34. The van der Waals surface area contributed by atoms with Crippen LogP contribution in [0.2, 0.25) is 0 Å². The van der Waals surface area contributed by atoms with Gasteiger partial charge in [0.2, 0.25) is 0 Å². The number of benzene rings is 1. The lowest BCUT2D eigenvalue weighted by Crippen LogP contribution is -2.31. The van der Waals surface area contributed by atoms with Crippen LogP contribution in [-0.2, 0) is 0 Å². The van der Waals surface area contributed by atoms with Crippen LogP contribution in [0.1, 0.15) is 33.6 Å². The Morgan fingerprint density at radius 2 is 1.94 bits per heavy atom. The van der Waals surface area contributed by atoms with Crippen molar-refractivity contribution in [2.45, 2.75) is 44.6 Å². The Kier molecular flexibility index (Phi) is 8.03. The lowest BCUT2D eigenvalue weighted by Gasteiger charge is -2.18. The Bertz CT molecular complexity index is 341. The van der Waals surface area contributed by atoms with Gasteiger partial charge in [0, 0.05) is 21.2 Å². The highest BCUT2D eigenvalue weighted by Gasteiger charge is 2.10. The molecule has 1 aromatic carbocycles. The molecule has 0 bridgehead atoms. The van der Waals surface area contributed by atoms with Gasteiger partial charge in [0.1, 0.15) is 0 Å². The van der Waals surface area contributed by atoms with E-state index in [1.807, 2.05) is 11.8 Å². The van der Waals surface area contributed by atoms with E-state index in [-0.39, 0.29) is 0 Å². The molecule has 18 heavy (non-hydrogen) atoms. The number of hydrogen-bond donors (Lipinski definition) is 1. The van der Waals surface area contributed by atoms with E-state index in [0.717, 1.165) is 18.2 Å². The van der Waals surface area contributed by atoms with Crippen molar-refractivity contribution in [2.24, 2.45) is 5.92 Å². The molecule has 0 spiro atoms. The zero-order chi connectivity index (χ0) is 13.4. The van der Waals surface area contributed by atoms with E-state index < -0.39 is 0 Å². The third-order valence-corrected chi connectivity index (χ3v) is 5.05. The van der Waals surface area contributed by atoms with Crippen molar-refractivity contribution in [1.29, 1.82) is 0 Å². The molecule has 0 saturated carbocycles. The molecule has 0 fully saturated rings. The number of halogens is 1. The highest BCUT2D eigenvalue weighted by atomic mass is 79.9. The summed E-state index contributed by atoms with van der Waals surface area (Å²) in [5.74, 6) is 1.93. The lowest BCUT2D eigenvalue weighted by molar-refractivity contribution is 0.464. The Hall–Kier alpha value is 0.01000. The molecule has 102 valence electrons. The summed E-state index contributed by atoms with van der Waals surface area (Å²) >= 11 is 5.54. The van der Waals surface area contributed by atoms with Crippen LogP contribution in [0.15, 0.2) is 33.6 Å². The summed E-state index contributed by atoms with van der Waals surface area (Å²) in [6, 6.07) is 9.08. The summed E-state index contributed by atoms with van der Waals surface area (Å²) in [4.78, 5) is 1.34. The van der Waals surface area contributed by atoms with Crippen molar-refractivity contribution >= 4 is 27.7 Å². The second kappa shape index (κ2) is 9.00. The predicted molar refractivity (Wildman–Crippen MR) is 86.4 cm³/mol. The molecule has 0 aromatic heterocycles. The summed E-state index contributed by atoms with van der Waals surface area (Å²) in [5.41, 5.74) is 0.